The lowest BCUT2D eigenvalue weighted by Crippen LogP contribution is -2.49. The molecule has 1 rings (SSSR count). The van der Waals surface area contributed by atoms with Crippen molar-refractivity contribution in [1.29, 1.82) is 0 Å². The van der Waals surface area contributed by atoms with Crippen molar-refractivity contribution < 1.29 is 18.3 Å². The molecule has 1 fully saturated rings. The monoisotopic (exact) mass is 240 g/mol. The fourth-order valence-corrected chi connectivity index (χ4v) is 2.33. The molecule has 0 aromatic heterocycles. The molecule has 3 nitrogen and oxygen atoms in total. The Kier molecular flexibility index (Phi) is 5.01. The van der Waals surface area contributed by atoms with Gasteiger partial charge in [-0.2, -0.15) is 13.2 Å². The summed E-state index contributed by atoms with van der Waals surface area (Å²) in [6.07, 6.45) is -4.26. The van der Waals surface area contributed by atoms with Crippen molar-refractivity contribution in [3.63, 3.8) is 0 Å². The number of likely N-dealkylation sites (N-methyl/N-ethyl adjacent to an activating group) is 1. The average molecular weight is 240 g/mol. The Balaban J connectivity index is 2.41. The highest BCUT2D eigenvalue weighted by atomic mass is 19.4. The molecule has 0 spiro atoms. The summed E-state index contributed by atoms with van der Waals surface area (Å²) in [5.74, 6) is -0.338. The number of nitrogens with zero attached hydrogens (tertiary/aromatic N) is 1. The number of likely N-dealkylation sites (tertiary alicyclic amines) is 1. The Hall–Kier alpha value is -0.330. The number of aliphatic hydroxyl groups excluding tert-OH is 1. The number of nitrogens with one attached hydrogen (secondary N) is 1. The van der Waals surface area contributed by atoms with Crippen molar-refractivity contribution in [2.45, 2.75) is 25.1 Å². The number of rotatable bonds is 4. The van der Waals surface area contributed by atoms with E-state index in [1.165, 1.54) is 0 Å². The zero-order chi connectivity index (χ0) is 12.2. The molecule has 0 aromatic rings. The van der Waals surface area contributed by atoms with Gasteiger partial charge in [-0.3, -0.25) is 0 Å². The van der Waals surface area contributed by atoms with Crippen molar-refractivity contribution in [3.05, 3.63) is 0 Å². The van der Waals surface area contributed by atoms with Crippen LogP contribution in [0.25, 0.3) is 0 Å². The van der Waals surface area contributed by atoms with E-state index >= 15 is 0 Å². The summed E-state index contributed by atoms with van der Waals surface area (Å²) in [7, 11) is 1.83. The molecule has 0 aromatic carbocycles. The first-order valence-electron chi connectivity index (χ1n) is 5.50. The molecule has 1 heterocycles. The van der Waals surface area contributed by atoms with Crippen molar-refractivity contribution in [1.82, 2.24) is 10.2 Å². The Morgan fingerprint density at radius 2 is 2.06 bits per heavy atom. The van der Waals surface area contributed by atoms with Gasteiger partial charge in [0.25, 0.3) is 0 Å². The molecule has 1 aliphatic heterocycles. The predicted molar refractivity (Wildman–Crippen MR) is 55.2 cm³/mol. The predicted octanol–water partition coefficient (Wildman–Crippen LogP) is 0.841. The van der Waals surface area contributed by atoms with Gasteiger partial charge in [0.2, 0.25) is 0 Å². The number of aliphatic hydroxyl groups is 1. The highest BCUT2D eigenvalue weighted by Crippen LogP contribution is 2.29. The molecule has 0 radical (unpaired) electrons. The van der Waals surface area contributed by atoms with E-state index in [2.05, 4.69) is 5.32 Å². The quantitative estimate of drug-likeness (QED) is 0.764. The highest BCUT2D eigenvalue weighted by molar-refractivity contribution is 4.83. The molecule has 0 saturated carbocycles. The second-order valence-corrected chi connectivity index (χ2v) is 4.52. The molecular formula is C10H19F3N2O. The molecule has 1 aliphatic rings. The number of alkyl halides is 3. The molecular weight excluding hydrogens is 221 g/mol. The third kappa shape index (κ3) is 5.14. The Morgan fingerprint density at radius 3 is 2.62 bits per heavy atom. The fraction of sp³-hybridized carbons (Fsp3) is 1.00. The Labute approximate surface area is 93.6 Å². The van der Waals surface area contributed by atoms with Gasteiger partial charge in [-0.05, 0) is 19.4 Å². The summed E-state index contributed by atoms with van der Waals surface area (Å²) >= 11 is 0. The molecule has 2 N–H and O–H groups in total. The first kappa shape index (κ1) is 13.7. The average Bonchev–Trinajstić information content (AvgIpc) is 2.10. The lowest BCUT2D eigenvalue weighted by molar-refractivity contribution is -0.148. The molecule has 0 amide bonds. The summed E-state index contributed by atoms with van der Waals surface area (Å²) in [6, 6.07) is 0.0539. The van der Waals surface area contributed by atoms with Gasteiger partial charge in [0.1, 0.15) is 0 Å². The third-order valence-corrected chi connectivity index (χ3v) is 2.78. The van der Waals surface area contributed by atoms with Gasteiger partial charge in [-0.1, -0.05) is 0 Å². The summed E-state index contributed by atoms with van der Waals surface area (Å²) < 4.78 is 36.8. The molecule has 1 saturated heterocycles. The lowest BCUT2D eigenvalue weighted by atomic mass is 9.91. The SMILES string of the molecule is CN1CC(CC(F)(F)F)CC(NCCO)C1. The minimum Gasteiger partial charge on any atom is -0.395 e. The molecule has 2 unspecified atom stereocenters. The molecule has 6 heteroatoms. The maximum atomic E-state index is 12.3. The first-order valence-corrected chi connectivity index (χ1v) is 5.50. The van der Waals surface area contributed by atoms with E-state index in [9.17, 15) is 13.2 Å². The van der Waals surface area contributed by atoms with Crippen molar-refractivity contribution in [3.8, 4) is 0 Å². The van der Waals surface area contributed by atoms with Crippen LogP contribution in [0, 0.1) is 5.92 Å². The van der Waals surface area contributed by atoms with Crippen molar-refractivity contribution >= 4 is 0 Å². The van der Waals surface area contributed by atoms with Gasteiger partial charge in [0.15, 0.2) is 0 Å². The van der Waals surface area contributed by atoms with E-state index in [1.54, 1.807) is 0 Å². The largest absolute Gasteiger partial charge is 0.395 e. The third-order valence-electron chi connectivity index (χ3n) is 2.78. The maximum Gasteiger partial charge on any atom is 0.389 e. The van der Waals surface area contributed by atoms with E-state index in [-0.39, 0.29) is 18.6 Å². The Bertz CT molecular complexity index is 211. The van der Waals surface area contributed by atoms with Crippen LogP contribution in [-0.2, 0) is 0 Å². The number of hydrogen-bond acceptors (Lipinski definition) is 3. The van der Waals surface area contributed by atoms with Gasteiger partial charge in [0.05, 0.1) is 6.61 Å². The van der Waals surface area contributed by atoms with Crippen LogP contribution in [0.1, 0.15) is 12.8 Å². The van der Waals surface area contributed by atoms with Crippen LogP contribution in [0.15, 0.2) is 0 Å². The van der Waals surface area contributed by atoms with E-state index < -0.39 is 12.6 Å². The zero-order valence-corrected chi connectivity index (χ0v) is 9.43. The van der Waals surface area contributed by atoms with Crippen LogP contribution >= 0.6 is 0 Å². The Morgan fingerprint density at radius 1 is 1.38 bits per heavy atom. The second kappa shape index (κ2) is 5.84. The van der Waals surface area contributed by atoms with E-state index in [0.29, 0.717) is 19.5 Å². The molecule has 0 bridgehead atoms. The van der Waals surface area contributed by atoms with E-state index in [0.717, 1.165) is 6.54 Å². The zero-order valence-electron chi connectivity index (χ0n) is 9.43. The van der Waals surface area contributed by atoms with Gasteiger partial charge >= 0.3 is 6.18 Å². The molecule has 96 valence electrons. The molecule has 0 aliphatic carbocycles. The van der Waals surface area contributed by atoms with E-state index in [4.69, 9.17) is 5.11 Å². The van der Waals surface area contributed by atoms with Gasteiger partial charge < -0.3 is 15.3 Å². The fourth-order valence-electron chi connectivity index (χ4n) is 2.33. The number of hydrogen-bond donors (Lipinski definition) is 2. The van der Waals surface area contributed by atoms with Gasteiger partial charge in [-0.25, -0.2) is 0 Å². The standard InChI is InChI=1S/C10H19F3N2O/c1-15-6-8(5-10(11,12)13)4-9(7-15)14-2-3-16/h8-9,14,16H,2-7H2,1H3. The summed E-state index contributed by atoms with van der Waals surface area (Å²) in [5, 5.41) is 11.7. The topological polar surface area (TPSA) is 35.5 Å². The van der Waals surface area contributed by atoms with E-state index in [1.807, 2.05) is 11.9 Å². The molecule has 2 atom stereocenters. The highest BCUT2D eigenvalue weighted by Gasteiger charge is 2.35. The number of halogens is 3. The second-order valence-electron chi connectivity index (χ2n) is 4.52. The summed E-state index contributed by atoms with van der Waals surface area (Å²) in [6.45, 7) is 1.70. The lowest BCUT2D eigenvalue weighted by Gasteiger charge is -2.36. The van der Waals surface area contributed by atoms with Crippen LogP contribution < -0.4 is 5.32 Å². The number of piperidine rings is 1. The summed E-state index contributed by atoms with van der Waals surface area (Å²) in [5.41, 5.74) is 0. The first-order chi connectivity index (χ1) is 7.40. The normalized spacial score (nSPS) is 28.3. The molecule has 16 heavy (non-hydrogen) atoms. The van der Waals surface area contributed by atoms with Crippen molar-refractivity contribution in [2.24, 2.45) is 5.92 Å². The van der Waals surface area contributed by atoms with Crippen LogP contribution in [0.4, 0.5) is 13.2 Å². The summed E-state index contributed by atoms with van der Waals surface area (Å²) in [4.78, 5) is 1.91. The van der Waals surface area contributed by atoms with Crippen molar-refractivity contribution in [2.75, 3.05) is 33.3 Å². The maximum absolute atomic E-state index is 12.3. The van der Waals surface area contributed by atoms with Crippen LogP contribution in [-0.4, -0.2) is 55.5 Å². The van der Waals surface area contributed by atoms with Gasteiger partial charge in [0, 0.05) is 32.1 Å². The minimum absolute atomic E-state index is 0.0180. The van der Waals surface area contributed by atoms with Crippen LogP contribution in [0.2, 0.25) is 0 Å². The minimum atomic E-state index is -4.08. The van der Waals surface area contributed by atoms with Crippen LogP contribution in [0.3, 0.4) is 0 Å². The smallest absolute Gasteiger partial charge is 0.389 e. The van der Waals surface area contributed by atoms with Crippen LogP contribution in [0.5, 0.6) is 0 Å². The van der Waals surface area contributed by atoms with Gasteiger partial charge in [-0.15, -0.1) is 0 Å².